The second kappa shape index (κ2) is 8.43. The number of carbonyl (C=O) groups excluding carboxylic acids is 1. The molecule has 2 aromatic rings. The van der Waals surface area contributed by atoms with E-state index in [1.807, 2.05) is 0 Å². The molecule has 1 aliphatic carbocycles. The molecule has 2 aliphatic heterocycles. The van der Waals surface area contributed by atoms with Crippen molar-refractivity contribution in [3.8, 4) is 0 Å². The molecule has 4 heteroatoms. The van der Waals surface area contributed by atoms with Crippen LogP contribution in [0.5, 0.6) is 0 Å². The van der Waals surface area contributed by atoms with Crippen molar-refractivity contribution in [2.45, 2.75) is 69.1 Å². The second-order valence-electron chi connectivity index (χ2n) is 9.17. The van der Waals surface area contributed by atoms with Crippen molar-refractivity contribution < 1.29 is 9.53 Å². The number of nitrogens with one attached hydrogen (secondary N) is 1. The van der Waals surface area contributed by atoms with Crippen molar-refractivity contribution in [1.29, 1.82) is 0 Å². The number of rotatable bonds is 4. The van der Waals surface area contributed by atoms with Gasteiger partial charge in [0.05, 0.1) is 18.1 Å². The fourth-order valence-electron chi connectivity index (χ4n) is 5.64. The predicted molar refractivity (Wildman–Crippen MR) is 120 cm³/mol. The third kappa shape index (κ3) is 3.98. The lowest BCUT2D eigenvalue weighted by Crippen LogP contribution is -2.50. The lowest BCUT2D eigenvalue weighted by molar-refractivity contribution is -0.142. The molecular formula is C26H32N2O2. The molecule has 1 N–H and O–H groups in total. The molecule has 0 bridgehead atoms. The van der Waals surface area contributed by atoms with E-state index in [9.17, 15) is 4.79 Å². The van der Waals surface area contributed by atoms with Gasteiger partial charge in [0.2, 0.25) is 5.91 Å². The van der Waals surface area contributed by atoms with Gasteiger partial charge in [0, 0.05) is 24.8 Å². The summed E-state index contributed by atoms with van der Waals surface area (Å²) in [4.78, 5) is 15.1. The zero-order valence-electron chi connectivity index (χ0n) is 17.7. The van der Waals surface area contributed by atoms with Gasteiger partial charge in [0.25, 0.3) is 0 Å². The number of anilines is 1. The highest BCUT2D eigenvalue weighted by atomic mass is 16.5. The zero-order chi connectivity index (χ0) is 20.4. The number of piperidine rings is 1. The predicted octanol–water partition coefficient (Wildman–Crippen LogP) is 4.57. The molecule has 1 saturated heterocycles. The standard InChI is InChI=1S/C26H32N2O2/c29-25(27-21-9-5-6-10-21)19-23-18-20-8-4-7-13-24(20)26(30-23)14-16-28(17-15-26)22-11-2-1-3-12-22/h1-4,7-8,11-13,21,23H,5-6,9-10,14-19H2,(H,27,29). The van der Waals surface area contributed by atoms with E-state index in [1.54, 1.807) is 0 Å². The summed E-state index contributed by atoms with van der Waals surface area (Å²) in [6.07, 6.45) is 7.90. The maximum atomic E-state index is 12.7. The Balaban J connectivity index is 1.31. The van der Waals surface area contributed by atoms with Crippen LogP contribution in [0.1, 0.15) is 56.1 Å². The summed E-state index contributed by atoms with van der Waals surface area (Å²) >= 11 is 0. The number of ether oxygens (including phenoxy) is 1. The zero-order valence-corrected chi connectivity index (χ0v) is 17.7. The highest BCUT2D eigenvalue weighted by molar-refractivity contribution is 5.77. The minimum Gasteiger partial charge on any atom is -0.371 e. The molecule has 2 heterocycles. The van der Waals surface area contributed by atoms with E-state index >= 15 is 0 Å². The molecule has 1 unspecified atom stereocenters. The highest BCUT2D eigenvalue weighted by Crippen LogP contribution is 2.44. The van der Waals surface area contributed by atoms with Crippen molar-refractivity contribution in [1.82, 2.24) is 5.32 Å². The lowest BCUT2D eigenvalue weighted by atomic mass is 9.77. The smallest absolute Gasteiger partial charge is 0.222 e. The van der Waals surface area contributed by atoms with Crippen LogP contribution >= 0.6 is 0 Å². The fraction of sp³-hybridized carbons (Fsp3) is 0.500. The number of nitrogens with zero attached hydrogens (tertiary/aromatic N) is 1. The number of benzene rings is 2. The van der Waals surface area contributed by atoms with Crippen LogP contribution in [0.4, 0.5) is 5.69 Å². The normalized spacial score (nSPS) is 23.3. The lowest BCUT2D eigenvalue weighted by Gasteiger charge is -2.48. The van der Waals surface area contributed by atoms with E-state index < -0.39 is 0 Å². The van der Waals surface area contributed by atoms with E-state index in [4.69, 9.17) is 4.74 Å². The van der Waals surface area contributed by atoms with Gasteiger partial charge in [-0.3, -0.25) is 4.79 Å². The number of carbonyl (C=O) groups is 1. The molecule has 1 spiro atoms. The number of para-hydroxylation sites is 1. The average molecular weight is 405 g/mol. The van der Waals surface area contributed by atoms with Gasteiger partial charge in [0.1, 0.15) is 0 Å². The molecule has 1 saturated carbocycles. The van der Waals surface area contributed by atoms with Crippen LogP contribution in [0.15, 0.2) is 54.6 Å². The quantitative estimate of drug-likeness (QED) is 0.811. The van der Waals surface area contributed by atoms with E-state index in [2.05, 4.69) is 64.8 Å². The Hall–Kier alpha value is -2.33. The van der Waals surface area contributed by atoms with Gasteiger partial charge in [-0.15, -0.1) is 0 Å². The Morgan fingerprint density at radius 3 is 2.47 bits per heavy atom. The van der Waals surface area contributed by atoms with Crippen molar-refractivity contribution in [3.05, 3.63) is 65.7 Å². The summed E-state index contributed by atoms with van der Waals surface area (Å²) in [7, 11) is 0. The van der Waals surface area contributed by atoms with Crippen LogP contribution < -0.4 is 10.2 Å². The molecule has 1 atom stereocenters. The third-order valence-corrected chi connectivity index (χ3v) is 7.17. The van der Waals surface area contributed by atoms with Gasteiger partial charge in [-0.25, -0.2) is 0 Å². The number of amides is 1. The van der Waals surface area contributed by atoms with Gasteiger partial charge in [0.15, 0.2) is 0 Å². The first-order valence-electron chi connectivity index (χ1n) is 11.6. The van der Waals surface area contributed by atoms with E-state index in [0.717, 1.165) is 45.2 Å². The molecule has 3 aliphatic rings. The SMILES string of the molecule is O=C(CC1Cc2ccccc2C2(CCN(c3ccccc3)CC2)O1)NC1CCCC1. The first-order valence-corrected chi connectivity index (χ1v) is 11.6. The Morgan fingerprint density at radius 2 is 1.70 bits per heavy atom. The van der Waals surface area contributed by atoms with E-state index in [1.165, 1.54) is 29.7 Å². The van der Waals surface area contributed by atoms with Crippen LogP contribution in [-0.4, -0.2) is 31.1 Å². The van der Waals surface area contributed by atoms with Crippen molar-refractivity contribution in [2.75, 3.05) is 18.0 Å². The highest BCUT2D eigenvalue weighted by Gasteiger charge is 2.44. The summed E-state index contributed by atoms with van der Waals surface area (Å²) in [5.41, 5.74) is 3.71. The van der Waals surface area contributed by atoms with E-state index in [-0.39, 0.29) is 17.6 Å². The largest absolute Gasteiger partial charge is 0.371 e. The molecule has 0 radical (unpaired) electrons. The molecule has 1 amide bonds. The number of hydrogen-bond donors (Lipinski definition) is 1. The molecular weight excluding hydrogens is 372 g/mol. The molecule has 5 rings (SSSR count). The number of fused-ring (bicyclic) bond motifs is 2. The third-order valence-electron chi connectivity index (χ3n) is 7.17. The van der Waals surface area contributed by atoms with Crippen molar-refractivity contribution in [2.24, 2.45) is 0 Å². The van der Waals surface area contributed by atoms with Gasteiger partial charge in [-0.1, -0.05) is 55.3 Å². The first-order chi connectivity index (χ1) is 14.7. The van der Waals surface area contributed by atoms with Gasteiger partial charge in [-0.05, 0) is 55.4 Å². The first kappa shape index (κ1) is 19.6. The summed E-state index contributed by atoms with van der Waals surface area (Å²) in [6, 6.07) is 19.7. The van der Waals surface area contributed by atoms with Crippen LogP contribution in [-0.2, 0) is 21.6 Å². The van der Waals surface area contributed by atoms with Gasteiger partial charge < -0.3 is 15.0 Å². The maximum Gasteiger partial charge on any atom is 0.222 e. The van der Waals surface area contributed by atoms with Crippen LogP contribution in [0.3, 0.4) is 0 Å². The summed E-state index contributed by atoms with van der Waals surface area (Å²) in [6.45, 7) is 1.94. The van der Waals surface area contributed by atoms with Crippen molar-refractivity contribution in [3.63, 3.8) is 0 Å². The maximum absolute atomic E-state index is 12.7. The topological polar surface area (TPSA) is 41.6 Å². The summed E-state index contributed by atoms with van der Waals surface area (Å²) in [5.74, 6) is 0.156. The molecule has 0 aromatic heterocycles. The molecule has 4 nitrogen and oxygen atoms in total. The van der Waals surface area contributed by atoms with Crippen LogP contribution in [0.2, 0.25) is 0 Å². The molecule has 30 heavy (non-hydrogen) atoms. The Labute approximate surface area is 179 Å². The van der Waals surface area contributed by atoms with Crippen molar-refractivity contribution >= 4 is 11.6 Å². The molecule has 2 fully saturated rings. The Morgan fingerprint density at radius 1 is 1.00 bits per heavy atom. The summed E-state index contributed by atoms with van der Waals surface area (Å²) < 4.78 is 6.77. The second-order valence-corrected chi connectivity index (χ2v) is 9.17. The summed E-state index contributed by atoms with van der Waals surface area (Å²) in [5, 5.41) is 3.24. The fourth-order valence-corrected chi connectivity index (χ4v) is 5.64. The molecule has 158 valence electrons. The minimum atomic E-state index is -0.265. The van der Waals surface area contributed by atoms with Crippen LogP contribution in [0.25, 0.3) is 0 Å². The average Bonchev–Trinajstić information content (AvgIpc) is 3.28. The van der Waals surface area contributed by atoms with Gasteiger partial charge in [-0.2, -0.15) is 0 Å². The van der Waals surface area contributed by atoms with E-state index in [0.29, 0.717) is 12.5 Å². The Bertz CT molecular complexity index is 868. The number of hydrogen-bond acceptors (Lipinski definition) is 3. The molecule has 2 aromatic carbocycles. The monoisotopic (exact) mass is 404 g/mol. The Kier molecular flexibility index (Phi) is 5.51. The van der Waals surface area contributed by atoms with Crippen LogP contribution in [0, 0.1) is 0 Å². The minimum absolute atomic E-state index is 0.0374. The van der Waals surface area contributed by atoms with Gasteiger partial charge >= 0.3 is 0 Å².